The first-order chi connectivity index (χ1) is 6.26. The van der Waals surface area contributed by atoms with Crippen LogP contribution in [0.4, 0.5) is 0 Å². The van der Waals surface area contributed by atoms with Crippen molar-refractivity contribution in [1.29, 1.82) is 5.26 Å². The summed E-state index contributed by atoms with van der Waals surface area (Å²) in [7, 11) is 0. The molecule has 0 bridgehead atoms. The van der Waals surface area contributed by atoms with E-state index in [1.165, 1.54) is 0 Å². The molecular weight excluding hydrogens is 160 g/mol. The van der Waals surface area contributed by atoms with Gasteiger partial charge in [0, 0.05) is 5.56 Å². The summed E-state index contributed by atoms with van der Waals surface area (Å²) in [6.45, 7) is 9.13. The maximum absolute atomic E-state index is 8.52. The van der Waals surface area contributed by atoms with E-state index in [0.29, 0.717) is 13.0 Å². The number of hydrogen-bond donors (Lipinski definition) is 0. The molecule has 1 rings (SSSR count). The van der Waals surface area contributed by atoms with Crippen molar-refractivity contribution in [1.82, 2.24) is 0 Å². The minimum Gasteiger partial charge on any atom is -0.312 e. The summed E-state index contributed by atoms with van der Waals surface area (Å²) in [4.78, 5) is 3.32. The number of hydrogen-bond acceptors (Lipinski definition) is 1. The lowest BCUT2D eigenvalue weighted by Crippen LogP contribution is -1.88. The van der Waals surface area contributed by atoms with Crippen molar-refractivity contribution in [3.05, 3.63) is 46.3 Å². The molecule has 0 aliphatic carbocycles. The van der Waals surface area contributed by atoms with Gasteiger partial charge in [-0.3, -0.25) is 0 Å². The Balaban J connectivity index is 2.99. The summed E-state index contributed by atoms with van der Waals surface area (Å²) in [5, 5.41) is 8.52. The molecule has 2 nitrogen and oxygen atoms in total. The predicted octanol–water partition coefficient (Wildman–Crippen LogP) is 2.48. The van der Waals surface area contributed by atoms with Crippen LogP contribution in [0.5, 0.6) is 0 Å². The van der Waals surface area contributed by atoms with Crippen LogP contribution in [-0.4, -0.2) is 0 Å². The lowest BCUT2D eigenvalue weighted by Gasteiger charge is -1.99. The van der Waals surface area contributed by atoms with Crippen LogP contribution in [0.2, 0.25) is 0 Å². The zero-order valence-corrected chi connectivity index (χ0v) is 7.54. The monoisotopic (exact) mass is 170 g/mol. The van der Waals surface area contributed by atoms with E-state index in [-0.39, 0.29) is 0 Å². The van der Waals surface area contributed by atoms with Gasteiger partial charge < -0.3 is 4.85 Å². The van der Waals surface area contributed by atoms with E-state index < -0.39 is 0 Å². The van der Waals surface area contributed by atoms with Gasteiger partial charge in [-0.25, -0.2) is 6.57 Å². The second-order valence-electron chi connectivity index (χ2n) is 2.98. The molecule has 0 amide bonds. The molecule has 1 aromatic carbocycles. The number of nitriles is 1. The Morgan fingerprint density at radius 2 is 2.08 bits per heavy atom. The first kappa shape index (κ1) is 9.29. The van der Waals surface area contributed by atoms with E-state index in [9.17, 15) is 0 Å². The van der Waals surface area contributed by atoms with Gasteiger partial charge in [-0.05, 0) is 24.6 Å². The van der Waals surface area contributed by atoms with Crippen LogP contribution in [0.1, 0.15) is 16.7 Å². The second kappa shape index (κ2) is 4.28. The van der Waals surface area contributed by atoms with Crippen LogP contribution in [-0.2, 0) is 13.0 Å². The molecule has 0 N–H and O–H groups in total. The summed E-state index contributed by atoms with van der Waals surface area (Å²) in [5.74, 6) is 0. The van der Waals surface area contributed by atoms with Crippen molar-refractivity contribution in [3.63, 3.8) is 0 Å². The first-order valence-electron chi connectivity index (χ1n) is 4.06. The molecule has 0 fully saturated rings. The Labute approximate surface area is 78.3 Å². The van der Waals surface area contributed by atoms with Crippen LogP contribution >= 0.6 is 0 Å². The quantitative estimate of drug-likeness (QED) is 0.627. The molecule has 0 unspecified atom stereocenters. The highest BCUT2D eigenvalue weighted by atomic mass is 14.6. The highest BCUT2D eigenvalue weighted by Crippen LogP contribution is 2.11. The number of rotatable bonds is 2. The van der Waals surface area contributed by atoms with Gasteiger partial charge in [-0.2, -0.15) is 5.26 Å². The zero-order chi connectivity index (χ0) is 9.68. The minimum absolute atomic E-state index is 0.403. The van der Waals surface area contributed by atoms with Gasteiger partial charge in [0.05, 0.1) is 12.5 Å². The molecule has 0 saturated heterocycles. The maximum Gasteiger partial charge on any atom is 0.239 e. The van der Waals surface area contributed by atoms with E-state index in [0.717, 1.165) is 16.7 Å². The molecule has 64 valence electrons. The van der Waals surface area contributed by atoms with Crippen LogP contribution in [0.15, 0.2) is 18.2 Å². The van der Waals surface area contributed by atoms with Crippen LogP contribution in [0.3, 0.4) is 0 Å². The van der Waals surface area contributed by atoms with E-state index in [1.807, 2.05) is 25.1 Å². The lowest BCUT2D eigenvalue weighted by molar-refractivity contribution is 1.18. The second-order valence-corrected chi connectivity index (χ2v) is 2.98. The molecule has 0 saturated carbocycles. The fourth-order valence-corrected chi connectivity index (χ4v) is 1.32. The molecule has 0 radical (unpaired) electrons. The van der Waals surface area contributed by atoms with Crippen LogP contribution in [0.25, 0.3) is 4.85 Å². The standard InChI is InChI=1S/C11H10N2/c1-9-5-10(3-4-12)7-11(6-9)8-13-2/h5-7H,3,8H2,1H3. The Bertz CT molecular complexity index is 346. The summed E-state index contributed by atoms with van der Waals surface area (Å²) in [5.41, 5.74) is 3.12. The van der Waals surface area contributed by atoms with Crippen molar-refractivity contribution in [2.45, 2.75) is 19.9 Å². The molecule has 0 spiro atoms. The molecule has 13 heavy (non-hydrogen) atoms. The van der Waals surface area contributed by atoms with Gasteiger partial charge >= 0.3 is 0 Å². The largest absolute Gasteiger partial charge is 0.312 e. The van der Waals surface area contributed by atoms with E-state index >= 15 is 0 Å². The molecule has 1 aromatic rings. The summed E-state index contributed by atoms with van der Waals surface area (Å²) in [6.07, 6.45) is 0.423. The third-order valence-electron chi connectivity index (χ3n) is 1.74. The van der Waals surface area contributed by atoms with Crippen LogP contribution < -0.4 is 0 Å². The molecule has 2 heteroatoms. The van der Waals surface area contributed by atoms with Crippen LogP contribution in [0, 0.1) is 24.8 Å². The first-order valence-corrected chi connectivity index (χ1v) is 4.06. The number of benzene rings is 1. The van der Waals surface area contributed by atoms with E-state index in [2.05, 4.69) is 10.9 Å². The van der Waals surface area contributed by atoms with Crippen molar-refractivity contribution in [2.75, 3.05) is 0 Å². The Morgan fingerprint density at radius 3 is 2.69 bits per heavy atom. The molecule has 0 aromatic heterocycles. The predicted molar refractivity (Wildman–Crippen MR) is 50.8 cm³/mol. The fourth-order valence-electron chi connectivity index (χ4n) is 1.32. The molecule has 0 heterocycles. The Kier molecular flexibility index (Phi) is 3.06. The third kappa shape index (κ3) is 2.61. The van der Waals surface area contributed by atoms with Gasteiger partial charge in [0.1, 0.15) is 0 Å². The van der Waals surface area contributed by atoms with Crippen molar-refractivity contribution >= 4 is 0 Å². The fraction of sp³-hybridized carbons (Fsp3) is 0.273. The average Bonchev–Trinajstić information content (AvgIpc) is 2.04. The molecule has 0 aliphatic heterocycles. The van der Waals surface area contributed by atoms with Crippen molar-refractivity contribution in [3.8, 4) is 6.07 Å². The van der Waals surface area contributed by atoms with Gasteiger partial charge in [-0.15, -0.1) is 0 Å². The summed E-state index contributed by atoms with van der Waals surface area (Å²) >= 11 is 0. The smallest absolute Gasteiger partial charge is 0.239 e. The normalized spacial score (nSPS) is 8.85. The Hall–Kier alpha value is -1.80. The summed E-state index contributed by atoms with van der Waals surface area (Å²) in [6, 6.07) is 8.00. The van der Waals surface area contributed by atoms with Gasteiger partial charge in [-0.1, -0.05) is 11.6 Å². The summed E-state index contributed by atoms with van der Waals surface area (Å²) < 4.78 is 0. The maximum atomic E-state index is 8.52. The van der Waals surface area contributed by atoms with Gasteiger partial charge in [0.2, 0.25) is 6.54 Å². The SMILES string of the molecule is [C-]#[N+]Cc1cc(C)cc(CC#N)c1. The number of aryl methyl sites for hydroxylation is 1. The average molecular weight is 170 g/mol. The lowest BCUT2D eigenvalue weighted by atomic mass is 10.0. The minimum atomic E-state index is 0.403. The highest BCUT2D eigenvalue weighted by molar-refractivity contribution is 5.31. The van der Waals surface area contributed by atoms with Gasteiger partial charge in [0.25, 0.3) is 0 Å². The molecule has 0 atom stereocenters. The van der Waals surface area contributed by atoms with Crippen molar-refractivity contribution in [2.24, 2.45) is 0 Å². The third-order valence-corrected chi connectivity index (χ3v) is 1.74. The number of nitrogens with zero attached hydrogens (tertiary/aromatic N) is 2. The van der Waals surface area contributed by atoms with Crippen molar-refractivity contribution < 1.29 is 0 Å². The zero-order valence-electron chi connectivity index (χ0n) is 7.54. The molecule has 0 aliphatic rings. The van der Waals surface area contributed by atoms with E-state index in [1.54, 1.807) is 0 Å². The highest BCUT2D eigenvalue weighted by Gasteiger charge is 1.99. The topological polar surface area (TPSA) is 28.1 Å². The Morgan fingerprint density at radius 1 is 1.38 bits per heavy atom. The van der Waals surface area contributed by atoms with Gasteiger partial charge in [0.15, 0.2) is 0 Å². The molecular formula is C11H10N2. The van der Waals surface area contributed by atoms with E-state index in [4.69, 9.17) is 11.8 Å².